The van der Waals surface area contributed by atoms with Crippen molar-refractivity contribution in [3.05, 3.63) is 41.6 Å². The average molecular weight is 338 g/mol. The van der Waals surface area contributed by atoms with E-state index in [1.807, 2.05) is 11.0 Å². The zero-order valence-electron chi connectivity index (χ0n) is 11.6. The Morgan fingerprint density at radius 1 is 1.23 bits per heavy atom. The predicted molar refractivity (Wildman–Crippen MR) is 86.1 cm³/mol. The van der Waals surface area contributed by atoms with Crippen molar-refractivity contribution in [2.24, 2.45) is 0 Å². The summed E-state index contributed by atoms with van der Waals surface area (Å²) in [6.07, 6.45) is 6.97. The standard InChI is InChI=1S/C14H13ClFN5S/c15-10-6-12-13(19-7-10)20-14(22-12)21(5-1-2-16)9-11-8-17-3-4-18-11/h3-4,6-8H,1-2,5,9H2. The van der Waals surface area contributed by atoms with Crippen molar-refractivity contribution in [2.75, 3.05) is 18.1 Å². The Kier molecular flexibility index (Phi) is 4.74. The first-order valence-corrected chi connectivity index (χ1v) is 7.93. The van der Waals surface area contributed by atoms with Gasteiger partial charge < -0.3 is 4.90 Å². The van der Waals surface area contributed by atoms with Crippen LogP contribution in [0, 0.1) is 0 Å². The summed E-state index contributed by atoms with van der Waals surface area (Å²) in [6, 6.07) is 1.83. The third-order valence-corrected chi connectivity index (χ3v) is 4.26. The Bertz CT molecular complexity index is 751. The molecule has 8 heteroatoms. The van der Waals surface area contributed by atoms with Crippen molar-refractivity contribution in [1.29, 1.82) is 0 Å². The molecule has 0 aliphatic heterocycles. The minimum Gasteiger partial charge on any atom is -0.342 e. The fourth-order valence-electron chi connectivity index (χ4n) is 2.02. The van der Waals surface area contributed by atoms with Crippen molar-refractivity contribution >= 4 is 38.4 Å². The van der Waals surface area contributed by atoms with Gasteiger partial charge in [0.2, 0.25) is 0 Å². The lowest BCUT2D eigenvalue weighted by atomic mass is 10.3. The summed E-state index contributed by atoms with van der Waals surface area (Å²) in [4.78, 5) is 19.0. The van der Waals surface area contributed by atoms with Gasteiger partial charge in [0, 0.05) is 25.1 Å². The van der Waals surface area contributed by atoms with Gasteiger partial charge in [-0.3, -0.25) is 14.4 Å². The highest BCUT2D eigenvalue weighted by Crippen LogP contribution is 2.30. The van der Waals surface area contributed by atoms with E-state index in [4.69, 9.17) is 11.6 Å². The molecule has 3 heterocycles. The number of rotatable bonds is 6. The minimum absolute atomic E-state index is 0.369. The summed E-state index contributed by atoms with van der Waals surface area (Å²) in [5.41, 5.74) is 1.46. The summed E-state index contributed by atoms with van der Waals surface area (Å²) in [5.74, 6) is 0. The SMILES string of the molecule is FCCCN(Cc1cnccn1)c1nc2ncc(Cl)cc2s1. The van der Waals surface area contributed by atoms with Crippen molar-refractivity contribution in [1.82, 2.24) is 19.9 Å². The molecule has 0 saturated heterocycles. The molecule has 114 valence electrons. The molecule has 0 amide bonds. The van der Waals surface area contributed by atoms with Gasteiger partial charge in [-0.1, -0.05) is 22.9 Å². The maximum absolute atomic E-state index is 12.6. The van der Waals surface area contributed by atoms with Gasteiger partial charge in [-0.2, -0.15) is 4.98 Å². The lowest BCUT2D eigenvalue weighted by molar-refractivity contribution is 0.470. The number of aromatic nitrogens is 4. The fraction of sp³-hybridized carbons (Fsp3) is 0.286. The number of fused-ring (bicyclic) bond motifs is 1. The summed E-state index contributed by atoms with van der Waals surface area (Å²) >= 11 is 7.44. The number of hydrogen-bond acceptors (Lipinski definition) is 6. The third kappa shape index (κ3) is 3.48. The monoisotopic (exact) mass is 337 g/mol. The second kappa shape index (κ2) is 6.93. The van der Waals surface area contributed by atoms with Gasteiger partial charge in [0.25, 0.3) is 0 Å². The maximum Gasteiger partial charge on any atom is 0.188 e. The summed E-state index contributed by atoms with van der Waals surface area (Å²) in [7, 11) is 0. The van der Waals surface area contributed by atoms with Crippen molar-refractivity contribution in [3.63, 3.8) is 0 Å². The normalized spacial score (nSPS) is 11.0. The number of thiazole rings is 1. The highest BCUT2D eigenvalue weighted by atomic mass is 35.5. The molecule has 0 spiro atoms. The molecular formula is C14H13ClFN5S. The van der Waals surface area contributed by atoms with Gasteiger partial charge >= 0.3 is 0 Å². The Morgan fingerprint density at radius 3 is 2.91 bits per heavy atom. The molecule has 0 aliphatic rings. The Hall–Kier alpha value is -1.86. The van der Waals surface area contributed by atoms with Crippen LogP contribution in [0.5, 0.6) is 0 Å². The molecule has 0 N–H and O–H groups in total. The van der Waals surface area contributed by atoms with E-state index in [1.165, 1.54) is 11.3 Å². The molecule has 3 aromatic heterocycles. The van der Waals surface area contributed by atoms with Crippen LogP contribution in [0.4, 0.5) is 9.52 Å². The van der Waals surface area contributed by atoms with Crippen LogP contribution >= 0.6 is 22.9 Å². The van der Waals surface area contributed by atoms with Crippen molar-refractivity contribution in [2.45, 2.75) is 13.0 Å². The van der Waals surface area contributed by atoms with Crippen LogP contribution in [0.15, 0.2) is 30.9 Å². The smallest absolute Gasteiger partial charge is 0.188 e. The zero-order chi connectivity index (χ0) is 15.4. The Labute approximate surface area is 135 Å². The van der Waals surface area contributed by atoms with Gasteiger partial charge in [0.1, 0.15) is 0 Å². The number of alkyl halides is 1. The fourth-order valence-corrected chi connectivity index (χ4v) is 3.23. The largest absolute Gasteiger partial charge is 0.342 e. The molecule has 22 heavy (non-hydrogen) atoms. The van der Waals surface area contributed by atoms with E-state index in [0.717, 1.165) is 15.5 Å². The molecular weight excluding hydrogens is 325 g/mol. The molecule has 0 bridgehead atoms. The summed E-state index contributed by atoms with van der Waals surface area (Å²) in [5, 5.41) is 1.36. The molecule has 0 aliphatic carbocycles. The van der Waals surface area contributed by atoms with Gasteiger partial charge in [0.15, 0.2) is 10.8 Å². The van der Waals surface area contributed by atoms with Crippen LogP contribution in [-0.2, 0) is 6.54 Å². The quantitative estimate of drug-likeness (QED) is 0.689. The number of anilines is 1. The molecule has 0 fully saturated rings. The van der Waals surface area contributed by atoms with E-state index in [0.29, 0.717) is 30.2 Å². The summed E-state index contributed by atoms with van der Waals surface area (Å²) < 4.78 is 13.5. The first-order chi connectivity index (χ1) is 10.8. The van der Waals surface area contributed by atoms with Crippen molar-refractivity contribution in [3.8, 4) is 0 Å². The molecule has 0 aromatic carbocycles. The first kappa shape index (κ1) is 15.1. The van der Waals surface area contributed by atoms with E-state index < -0.39 is 0 Å². The van der Waals surface area contributed by atoms with Crippen LogP contribution in [0.3, 0.4) is 0 Å². The third-order valence-electron chi connectivity index (χ3n) is 3.00. The van der Waals surface area contributed by atoms with Gasteiger partial charge in [-0.15, -0.1) is 0 Å². The second-order valence-electron chi connectivity index (χ2n) is 4.63. The Balaban J connectivity index is 1.89. The lowest BCUT2D eigenvalue weighted by Crippen LogP contribution is -2.24. The van der Waals surface area contributed by atoms with Gasteiger partial charge in [-0.25, -0.2) is 4.98 Å². The van der Waals surface area contributed by atoms with E-state index in [1.54, 1.807) is 24.8 Å². The Morgan fingerprint density at radius 2 is 2.14 bits per heavy atom. The van der Waals surface area contributed by atoms with Crippen LogP contribution in [0.1, 0.15) is 12.1 Å². The molecule has 5 nitrogen and oxygen atoms in total. The zero-order valence-corrected chi connectivity index (χ0v) is 13.2. The van der Waals surface area contributed by atoms with Crippen LogP contribution < -0.4 is 4.90 Å². The lowest BCUT2D eigenvalue weighted by Gasteiger charge is -2.20. The van der Waals surface area contributed by atoms with Gasteiger partial charge in [0.05, 0.1) is 34.8 Å². The molecule has 0 radical (unpaired) electrons. The van der Waals surface area contributed by atoms with E-state index in [-0.39, 0.29) is 6.67 Å². The van der Waals surface area contributed by atoms with Gasteiger partial charge in [-0.05, 0) is 12.5 Å². The van der Waals surface area contributed by atoms with E-state index >= 15 is 0 Å². The average Bonchev–Trinajstić information content (AvgIpc) is 2.95. The van der Waals surface area contributed by atoms with Crippen molar-refractivity contribution < 1.29 is 4.39 Å². The van der Waals surface area contributed by atoms with E-state index in [9.17, 15) is 4.39 Å². The topological polar surface area (TPSA) is 54.8 Å². The molecule has 0 unspecified atom stereocenters. The highest BCUT2D eigenvalue weighted by Gasteiger charge is 2.14. The number of pyridine rings is 1. The molecule has 3 aromatic rings. The molecule has 0 atom stereocenters. The summed E-state index contributed by atoms with van der Waals surface area (Å²) in [6.45, 7) is 0.716. The number of halogens is 2. The maximum atomic E-state index is 12.6. The first-order valence-electron chi connectivity index (χ1n) is 6.74. The van der Waals surface area contributed by atoms with Crippen LogP contribution in [0.25, 0.3) is 10.3 Å². The minimum atomic E-state index is -0.369. The van der Waals surface area contributed by atoms with E-state index in [2.05, 4.69) is 19.9 Å². The predicted octanol–water partition coefficient (Wildman–Crippen LogP) is 3.50. The molecule has 3 rings (SSSR count). The van der Waals surface area contributed by atoms with Crippen LogP contribution in [0.2, 0.25) is 5.02 Å². The number of nitrogens with zero attached hydrogens (tertiary/aromatic N) is 5. The second-order valence-corrected chi connectivity index (χ2v) is 6.08. The number of hydrogen-bond donors (Lipinski definition) is 0. The molecule has 0 saturated carbocycles. The van der Waals surface area contributed by atoms with Crippen LogP contribution in [-0.4, -0.2) is 33.2 Å². The highest BCUT2D eigenvalue weighted by molar-refractivity contribution is 7.22.